The Labute approximate surface area is 217 Å². The van der Waals surface area contributed by atoms with Crippen molar-refractivity contribution in [3.63, 3.8) is 0 Å². The number of benzene rings is 1. The summed E-state index contributed by atoms with van der Waals surface area (Å²) in [5.74, 6) is -1.13. The van der Waals surface area contributed by atoms with Crippen LogP contribution in [-0.4, -0.2) is 53.3 Å². The predicted molar refractivity (Wildman–Crippen MR) is 137 cm³/mol. The quantitative estimate of drug-likeness (QED) is 0.464. The minimum Gasteiger partial charge on any atom is -0.390 e. The number of nitrogens with zero attached hydrogens (tertiary/aromatic N) is 3. The molecule has 3 aromatic rings. The summed E-state index contributed by atoms with van der Waals surface area (Å²) < 4.78 is 33.3. The van der Waals surface area contributed by atoms with Gasteiger partial charge in [0.1, 0.15) is 22.2 Å². The zero-order chi connectivity index (χ0) is 26.6. The average molecular weight is 540 g/mol. The summed E-state index contributed by atoms with van der Waals surface area (Å²) >= 11 is 7.34. The summed E-state index contributed by atoms with van der Waals surface area (Å²) in [7, 11) is 0. The van der Waals surface area contributed by atoms with Crippen LogP contribution in [0.5, 0.6) is 0 Å². The summed E-state index contributed by atoms with van der Waals surface area (Å²) in [6.07, 6.45) is 0.487. The lowest BCUT2D eigenvalue weighted by molar-refractivity contribution is -0.105. The molecule has 2 aromatic heterocycles. The molecule has 3 N–H and O–H groups in total. The maximum Gasteiger partial charge on any atom is 0.265 e. The van der Waals surface area contributed by atoms with Gasteiger partial charge in [-0.1, -0.05) is 32.4 Å². The number of nitrogens with two attached hydrogens (primary N) is 1. The Morgan fingerprint density at radius 2 is 1.92 bits per heavy atom. The van der Waals surface area contributed by atoms with Gasteiger partial charge in [-0.05, 0) is 19.1 Å². The number of halogens is 3. The molecule has 1 aromatic carbocycles. The van der Waals surface area contributed by atoms with E-state index in [1.54, 1.807) is 11.0 Å². The van der Waals surface area contributed by atoms with Gasteiger partial charge in [0, 0.05) is 36.2 Å². The highest BCUT2D eigenvalue weighted by Gasteiger charge is 2.24. The molecule has 0 atom stereocenters. The zero-order valence-corrected chi connectivity index (χ0v) is 22.0. The monoisotopic (exact) mass is 539 g/mol. The van der Waals surface area contributed by atoms with Crippen molar-refractivity contribution in [3.05, 3.63) is 57.1 Å². The molecule has 1 fully saturated rings. The van der Waals surface area contributed by atoms with Crippen molar-refractivity contribution in [3.8, 4) is 5.69 Å². The number of rotatable bonds is 4. The smallest absolute Gasteiger partial charge is 0.265 e. The molecule has 0 unspecified atom stereocenters. The number of thiophene rings is 1. The van der Waals surface area contributed by atoms with Gasteiger partial charge in [-0.15, -0.1) is 11.3 Å². The van der Waals surface area contributed by atoms with E-state index in [1.165, 1.54) is 22.1 Å². The maximum atomic E-state index is 13.8. The first-order valence-electron chi connectivity index (χ1n) is 11.1. The second-order valence-corrected chi connectivity index (χ2v) is 10.5. The minimum atomic E-state index is -0.748. The van der Waals surface area contributed by atoms with Crippen molar-refractivity contribution in [2.75, 3.05) is 37.4 Å². The molecule has 0 spiro atoms. The number of nitrogen functional groups attached to an aromatic ring is 1. The fraction of sp³-hybridized carbons (Fsp3) is 0.375. The third kappa shape index (κ3) is 6.21. The largest absolute Gasteiger partial charge is 0.390 e. The molecule has 8 nitrogen and oxygen atoms in total. The molecule has 1 aliphatic rings. The van der Waals surface area contributed by atoms with E-state index in [0.717, 1.165) is 17.7 Å². The van der Waals surface area contributed by atoms with Crippen molar-refractivity contribution in [2.45, 2.75) is 33.1 Å². The third-order valence-electron chi connectivity index (χ3n) is 5.43. The molecule has 36 heavy (non-hydrogen) atoms. The van der Waals surface area contributed by atoms with Crippen molar-refractivity contribution in [1.29, 1.82) is 0 Å². The van der Waals surface area contributed by atoms with Crippen molar-refractivity contribution >= 4 is 46.1 Å². The normalized spacial score (nSPS) is 13.7. The standard InChI is InChI=1S/C14H15F2N3O.C10H13ClN2O2S/c1-14(2,3)12-7-13(17-8-20)19(18-12)11-5-4-9(15)6-10(11)16;1-6-7(11)8(16-9(6)12)10(14)13-2-4-15-5-3-13/h4-8H,1-3H3,(H,17,20);2-5,12H2,1H3. The topological polar surface area (TPSA) is 102 Å². The second kappa shape index (κ2) is 11.4. The summed E-state index contributed by atoms with van der Waals surface area (Å²) in [6, 6.07) is 4.86. The Hall–Kier alpha value is -3.02. The van der Waals surface area contributed by atoms with Gasteiger partial charge in [0.15, 0.2) is 5.82 Å². The zero-order valence-electron chi connectivity index (χ0n) is 20.4. The number of anilines is 2. The summed E-state index contributed by atoms with van der Waals surface area (Å²) in [6.45, 7) is 10.1. The Morgan fingerprint density at radius 1 is 1.25 bits per heavy atom. The van der Waals surface area contributed by atoms with Gasteiger partial charge in [-0.3, -0.25) is 9.59 Å². The first-order chi connectivity index (χ1) is 16.9. The molecule has 4 rings (SSSR count). The number of aromatic nitrogens is 2. The number of carbonyl (C=O) groups is 2. The third-order valence-corrected chi connectivity index (χ3v) is 7.12. The van der Waals surface area contributed by atoms with Crippen molar-refractivity contribution in [1.82, 2.24) is 14.7 Å². The lowest BCUT2D eigenvalue weighted by atomic mass is 9.92. The molecular weight excluding hydrogens is 512 g/mol. The summed E-state index contributed by atoms with van der Waals surface area (Å²) in [4.78, 5) is 25.1. The van der Waals surface area contributed by atoms with Gasteiger partial charge < -0.3 is 20.7 Å². The van der Waals surface area contributed by atoms with Gasteiger partial charge in [-0.2, -0.15) is 5.10 Å². The number of carbonyl (C=O) groups excluding carboxylic acids is 2. The van der Waals surface area contributed by atoms with Gasteiger partial charge in [-0.25, -0.2) is 13.5 Å². The minimum absolute atomic E-state index is 0.0434. The predicted octanol–water partition coefficient (Wildman–Crippen LogP) is 4.78. The molecule has 3 heterocycles. The summed E-state index contributed by atoms with van der Waals surface area (Å²) in [5, 5.41) is 7.86. The molecule has 194 valence electrons. The van der Waals surface area contributed by atoms with Crippen LogP contribution in [0.4, 0.5) is 19.6 Å². The first-order valence-corrected chi connectivity index (χ1v) is 12.3. The van der Waals surface area contributed by atoms with E-state index in [0.29, 0.717) is 59.1 Å². The van der Waals surface area contributed by atoms with Crippen LogP contribution >= 0.6 is 22.9 Å². The lowest BCUT2D eigenvalue weighted by Gasteiger charge is -2.26. The van der Waals surface area contributed by atoms with Crippen LogP contribution in [0, 0.1) is 18.6 Å². The van der Waals surface area contributed by atoms with Crippen LogP contribution < -0.4 is 11.1 Å². The highest BCUT2D eigenvalue weighted by atomic mass is 35.5. The average Bonchev–Trinajstić information content (AvgIpc) is 3.36. The number of hydrogen-bond acceptors (Lipinski definition) is 6. The number of hydrogen-bond donors (Lipinski definition) is 2. The molecule has 2 amide bonds. The van der Waals surface area contributed by atoms with Crippen LogP contribution in [0.2, 0.25) is 5.02 Å². The van der Waals surface area contributed by atoms with Crippen LogP contribution in [-0.2, 0) is 14.9 Å². The van der Waals surface area contributed by atoms with Gasteiger partial charge in [0.2, 0.25) is 6.41 Å². The van der Waals surface area contributed by atoms with Crippen molar-refractivity contribution in [2.24, 2.45) is 0 Å². The van der Waals surface area contributed by atoms with Crippen LogP contribution in [0.25, 0.3) is 5.69 Å². The number of ether oxygens (including phenoxy) is 1. The maximum absolute atomic E-state index is 13.8. The van der Waals surface area contributed by atoms with Gasteiger partial charge >= 0.3 is 0 Å². The van der Waals surface area contributed by atoms with E-state index in [-0.39, 0.29) is 17.0 Å². The fourth-order valence-electron chi connectivity index (χ4n) is 3.30. The van der Waals surface area contributed by atoms with Crippen LogP contribution in [0.15, 0.2) is 24.3 Å². The van der Waals surface area contributed by atoms with E-state index in [4.69, 9.17) is 22.1 Å². The van der Waals surface area contributed by atoms with E-state index < -0.39 is 11.6 Å². The Bertz CT molecular complexity index is 1250. The molecule has 12 heteroatoms. The van der Waals surface area contributed by atoms with Crippen LogP contribution in [0.3, 0.4) is 0 Å². The number of amides is 2. The van der Waals surface area contributed by atoms with Crippen molar-refractivity contribution < 1.29 is 23.1 Å². The summed E-state index contributed by atoms with van der Waals surface area (Å²) in [5.41, 5.74) is 7.04. The van der Waals surface area contributed by atoms with Gasteiger partial charge in [0.05, 0.1) is 28.9 Å². The Kier molecular flexibility index (Phi) is 8.70. The molecule has 0 aliphatic carbocycles. The first kappa shape index (κ1) is 27.6. The van der Waals surface area contributed by atoms with E-state index in [1.807, 2.05) is 27.7 Å². The highest BCUT2D eigenvalue weighted by molar-refractivity contribution is 7.18. The Balaban J connectivity index is 0.000000205. The highest BCUT2D eigenvalue weighted by Crippen LogP contribution is 2.35. The molecule has 0 radical (unpaired) electrons. The second-order valence-electron chi connectivity index (χ2n) is 9.07. The van der Waals surface area contributed by atoms with Crippen LogP contribution in [0.1, 0.15) is 41.7 Å². The fourth-order valence-corrected chi connectivity index (χ4v) is 4.59. The Morgan fingerprint density at radius 3 is 2.44 bits per heavy atom. The number of nitrogens with one attached hydrogen (secondary N) is 1. The lowest BCUT2D eigenvalue weighted by Crippen LogP contribution is -2.40. The molecule has 0 bridgehead atoms. The van der Waals surface area contributed by atoms with E-state index >= 15 is 0 Å². The van der Waals surface area contributed by atoms with E-state index in [2.05, 4.69) is 10.4 Å². The molecule has 1 aliphatic heterocycles. The SMILES string of the molecule is CC(C)(C)c1cc(NC=O)n(-c2ccc(F)cc2F)n1.Cc1c(N)sc(C(=O)N2CCOCC2)c1Cl. The molecular formula is C24H28ClF2N5O3S. The molecule has 0 saturated carbocycles. The number of morpholine rings is 1. The van der Waals surface area contributed by atoms with E-state index in [9.17, 15) is 18.4 Å². The van der Waals surface area contributed by atoms with Gasteiger partial charge in [0.25, 0.3) is 5.91 Å². The molecule has 1 saturated heterocycles.